The maximum Gasteiger partial charge on any atom is 0.144 e. The SMILES string of the molecule is CC(C)CC(C)(CN)Nc1nc2c(cc1C#N)CCCC2. The van der Waals surface area contributed by atoms with Crippen LogP contribution in [0.3, 0.4) is 0 Å². The van der Waals surface area contributed by atoms with Crippen molar-refractivity contribution in [2.24, 2.45) is 11.7 Å². The van der Waals surface area contributed by atoms with Crippen molar-refractivity contribution < 1.29 is 0 Å². The summed E-state index contributed by atoms with van der Waals surface area (Å²) in [4.78, 5) is 4.74. The Kier molecular flexibility index (Phi) is 4.84. The third kappa shape index (κ3) is 3.74. The zero-order valence-electron chi connectivity index (χ0n) is 13.4. The second kappa shape index (κ2) is 6.44. The Hall–Kier alpha value is -1.60. The summed E-state index contributed by atoms with van der Waals surface area (Å²) in [5.74, 6) is 1.24. The molecule has 4 heteroatoms. The maximum atomic E-state index is 9.41. The molecule has 1 aliphatic rings. The van der Waals surface area contributed by atoms with Crippen LogP contribution in [-0.4, -0.2) is 17.1 Å². The van der Waals surface area contributed by atoms with Gasteiger partial charge in [-0.15, -0.1) is 0 Å². The van der Waals surface area contributed by atoms with Gasteiger partial charge in [-0.3, -0.25) is 0 Å². The molecule has 4 nitrogen and oxygen atoms in total. The van der Waals surface area contributed by atoms with E-state index in [0.717, 1.165) is 25.0 Å². The van der Waals surface area contributed by atoms with E-state index in [4.69, 9.17) is 10.7 Å². The molecule has 0 amide bonds. The summed E-state index contributed by atoms with van der Waals surface area (Å²) in [5, 5.41) is 12.9. The van der Waals surface area contributed by atoms with E-state index in [1.54, 1.807) is 0 Å². The van der Waals surface area contributed by atoms with Crippen molar-refractivity contribution in [1.82, 2.24) is 4.98 Å². The number of hydrogen-bond donors (Lipinski definition) is 2. The average Bonchev–Trinajstić information content (AvgIpc) is 2.45. The second-order valence-electron chi connectivity index (χ2n) is 6.80. The highest BCUT2D eigenvalue weighted by atomic mass is 15.1. The lowest BCUT2D eigenvalue weighted by atomic mass is 9.90. The van der Waals surface area contributed by atoms with Crippen molar-refractivity contribution >= 4 is 5.82 Å². The lowest BCUT2D eigenvalue weighted by Crippen LogP contribution is -2.44. The van der Waals surface area contributed by atoms with Gasteiger partial charge < -0.3 is 11.1 Å². The van der Waals surface area contributed by atoms with Crippen LogP contribution >= 0.6 is 0 Å². The number of nitrogens with two attached hydrogens (primary N) is 1. The van der Waals surface area contributed by atoms with Crippen LogP contribution in [0.25, 0.3) is 0 Å². The molecular weight excluding hydrogens is 260 g/mol. The molecule has 1 heterocycles. The predicted molar refractivity (Wildman–Crippen MR) is 86.1 cm³/mol. The minimum absolute atomic E-state index is 0.227. The summed E-state index contributed by atoms with van der Waals surface area (Å²) < 4.78 is 0. The van der Waals surface area contributed by atoms with Crippen LogP contribution < -0.4 is 11.1 Å². The molecule has 114 valence electrons. The quantitative estimate of drug-likeness (QED) is 0.872. The third-order valence-corrected chi connectivity index (χ3v) is 4.15. The number of rotatable bonds is 5. The second-order valence-corrected chi connectivity index (χ2v) is 6.80. The summed E-state index contributed by atoms with van der Waals surface area (Å²) in [6, 6.07) is 4.29. The summed E-state index contributed by atoms with van der Waals surface area (Å²) in [6.07, 6.45) is 5.38. The summed E-state index contributed by atoms with van der Waals surface area (Å²) in [5.41, 5.74) is 8.75. The first kappa shape index (κ1) is 15.8. The van der Waals surface area contributed by atoms with E-state index < -0.39 is 0 Å². The monoisotopic (exact) mass is 286 g/mol. The molecule has 0 spiro atoms. The smallest absolute Gasteiger partial charge is 0.144 e. The van der Waals surface area contributed by atoms with E-state index >= 15 is 0 Å². The number of nitriles is 1. The Labute approximate surface area is 127 Å². The maximum absolute atomic E-state index is 9.41. The molecule has 1 aromatic heterocycles. The number of hydrogen-bond acceptors (Lipinski definition) is 4. The van der Waals surface area contributed by atoms with Gasteiger partial charge in [0.15, 0.2) is 0 Å². The van der Waals surface area contributed by atoms with Gasteiger partial charge in [0.25, 0.3) is 0 Å². The number of pyridine rings is 1. The molecule has 21 heavy (non-hydrogen) atoms. The molecule has 0 saturated carbocycles. The minimum atomic E-state index is -0.227. The fourth-order valence-corrected chi connectivity index (χ4v) is 3.19. The predicted octanol–water partition coefficient (Wildman–Crippen LogP) is 3.01. The van der Waals surface area contributed by atoms with Crippen molar-refractivity contribution in [3.8, 4) is 6.07 Å². The fourth-order valence-electron chi connectivity index (χ4n) is 3.19. The minimum Gasteiger partial charge on any atom is -0.363 e. The molecule has 1 aliphatic carbocycles. The third-order valence-electron chi connectivity index (χ3n) is 4.15. The van der Waals surface area contributed by atoms with E-state index in [2.05, 4.69) is 32.2 Å². The van der Waals surface area contributed by atoms with E-state index in [9.17, 15) is 5.26 Å². The van der Waals surface area contributed by atoms with E-state index in [1.165, 1.54) is 18.4 Å². The van der Waals surface area contributed by atoms with Crippen LogP contribution in [0.15, 0.2) is 6.07 Å². The van der Waals surface area contributed by atoms with Gasteiger partial charge in [0, 0.05) is 17.8 Å². The van der Waals surface area contributed by atoms with Gasteiger partial charge in [0.1, 0.15) is 11.9 Å². The van der Waals surface area contributed by atoms with Gasteiger partial charge >= 0.3 is 0 Å². The molecular formula is C17H26N4. The van der Waals surface area contributed by atoms with Crippen LogP contribution in [0.5, 0.6) is 0 Å². The van der Waals surface area contributed by atoms with Crippen molar-refractivity contribution in [3.63, 3.8) is 0 Å². The van der Waals surface area contributed by atoms with Crippen LogP contribution in [0.4, 0.5) is 5.82 Å². The van der Waals surface area contributed by atoms with Crippen molar-refractivity contribution in [2.45, 2.75) is 58.4 Å². The molecule has 3 N–H and O–H groups in total. The number of fused-ring (bicyclic) bond motifs is 1. The van der Waals surface area contributed by atoms with Gasteiger partial charge in [-0.2, -0.15) is 5.26 Å². The molecule has 2 rings (SSSR count). The topological polar surface area (TPSA) is 74.7 Å². The number of anilines is 1. The number of aryl methyl sites for hydroxylation is 2. The Balaban J connectivity index is 2.32. The Bertz CT molecular complexity index is 544. The molecule has 0 saturated heterocycles. The number of aromatic nitrogens is 1. The van der Waals surface area contributed by atoms with Gasteiger partial charge in [0.05, 0.1) is 5.56 Å². The van der Waals surface area contributed by atoms with Crippen molar-refractivity contribution in [2.75, 3.05) is 11.9 Å². The largest absolute Gasteiger partial charge is 0.363 e. The summed E-state index contributed by atoms with van der Waals surface area (Å²) >= 11 is 0. The van der Waals surface area contributed by atoms with Crippen LogP contribution in [0.1, 0.15) is 56.9 Å². The average molecular weight is 286 g/mol. The fraction of sp³-hybridized carbons (Fsp3) is 0.647. The van der Waals surface area contributed by atoms with Crippen molar-refractivity contribution in [1.29, 1.82) is 5.26 Å². The number of nitrogens with zero attached hydrogens (tertiary/aromatic N) is 2. The Morgan fingerprint density at radius 2 is 2.14 bits per heavy atom. The molecule has 0 bridgehead atoms. The molecule has 1 atom stereocenters. The molecule has 0 fully saturated rings. The van der Waals surface area contributed by atoms with E-state index in [1.807, 2.05) is 6.07 Å². The normalized spacial score (nSPS) is 17.0. The van der Waals surface area contributed by atoms with Gasteiger partial charge in [-0.25, -0.2) is 4.98 Å². The highest BCUT2D eigenvalue weighted by Gasteiger charge is 2.26. The standard InChI is InChI=1S/C17H26N4/c1-12(2)9-17(3,11-19)21-16-14(10-18)8-13-6-4-5-7-15(13)20-16/h8,12H,4-7,9,11,19H2,1-3H3,(H,20,21). The Morgan fingerprint density at radius 1 is 1.43 bits per heavy atom. The highest BCUT2D eigenvalue weighted by Crippen LogP contribution is 2.27. The first-order valence-corrected chi connectivity index (χ1v) is 7.88. The zero-order valence-corrected chi connectivity index (χ0v) is 13.4. The molecule has 1 aromatic rings. The first-order chi connectivity index (χ1) is 9.97. The Morgan fingerprint density at radius 3 is 2.76 bits per heavy atom. The first-order valence-electron chi connectivity index (χ1n) is 7.88. The van der Waals surface area contributed by atoms with Crippen LogP contribution in [-0.2, 0) is 12.8 Å². The molecule has 0 aliphatic heterocycles. The lowest BCUT2D eigenvalue weighted by molar-refractivity contribution is 0.405. The van der Waals surface area contributed by atoms with Gasteiger partial charge in [-0.05, 0) is 56.6 Å². The van der Waals surface area contributed by atoms with Gasteiger partial charge in [0.2, 0.25) is 0 Å². The van der Waals surface area contributed by atoms with Crippen molar-refractivity contribution in [3.05, 3.63) is 22.9 Å². The van der Waals surface area contributed by atoms with Crippen LogP contribution in [0.2, 0.25) is 0 Å². The highest BCUT2D eigenvalue weighted by molar-refractivity contribution is 5.56. The molecule has 0 radical (unpaired) electrons. The van der Waals surface area contributed by atoms with Crippen LogP contribution in [0, 0.1) is 17.2 Å². The number of nitrogens with one attached hydrogen (secondary N) is 1. The molecule has 1 unspecified atom stereocenters. The molecule has 0 aromatic carbocycles. The summed E-state index contributed by atoms with van der Waals surface area (Å²) in [6.45, 7) is 6.99. The van der Waals surface area contributed by atoms with Gasteiger partial charge in [-0.1, -0.05) is 13.8 Å². The lowest BCUT2D eigenvalue weighted by Gasteiger charge is -2.32. The summed E-state index contributed by atoms with van der Waals surface area (Å²) in [7, 11) is 0. The zero-order chi connectivity index (χ0) is 15.5. The van der Waals surface area contributed by atoms with E-state index in [0.29, 0.717) is 23.8 Å². The van der Waals surface area contributed by atoms with E-state index in [-0.39, 0.29) is 5.54 Å².